The fourth-order valence-corrected chi connectivity index (χ4v) is 5.64. The van der Waals surface area contributed by atoms with Gasteiger partial charge in [0.2, 0.25) is 0 Å². The fourth-order valence-electron chi connectivity index (χ4n) is 4.34. The van der Waals surface area contributed by atoms with Gasteiger partial charge in [-0.15, -0.1) is 0 Å². The molecule has 1 amide bonds. The first-order chi connectivity index (χ1) is 13.4. The second-order valence-corrected chi connectivity index (χ2v) is 15.0. The summed E-state index contributed by atoms with van der Waals surface area (Å²) in [5.74, 6) is 0.379. The van der Waals surface area contributed by atoms with E-state index in [0.717, 1.165) is 37.2 Å². The maximum atomic E-state index is 11.2. The third-order valence-corrected chi connectivity index (χ3v) is 11.2. The smallest absolute Gasteiger partial charge is 0.404 e. The summed E-state index contributed by atoms with van der Waals surface area (Å²) in [6.45, 7) is 15.0. The van der Waals surface area contributed by atoms with Gasteiger partial charge in [-0.2, -0.15) is 0 Å². The number of nitrogens with one attached hydrogen (secondary N) is 1. The second kappa shape index (κ2) is 7.79. The molecule has 7 nitrogen and oxygen atoms in total. The van der Waals surface area contributed by atoms with Crippen LogP contribution < -0.4 is 16.0 Å². The molecule has 0 bridgehead atoms. The van der Waals surface area contributed by atoms with Gasteiger partial charge in [0.15, 0.2) is 8.32 Å². The molecule has 0 radical (unpaired) electrons. The van der Waals surface area contributed by atoms with Crippen molar-refractivity contribution in [3.8, 4) is 0 Å². The molecule has 4 N–H and O–H groups in total. The standard InChI is InChI=1S/C21H36N4O3Si/c1-13-9-14(24-20(26)27)12-25(11-13)19-15-7-8-17(18(15)23-10-16(19)22)28-29(5,6)21(2,3)4/h10,13-14,17,24H,7-9,11-12,22H2,1-6H3,(H,26,27)/t13-,14+,17?/m1/s1. The highest BCUT2D eigenvalue weighted by atomic mass is 28.4. The van der Waals surface area contributed by atoms with E-state index < -0.39 is 14.4 Å². The van der Waals surface area contributed by atoms with Crippen LogP contribution in [-0.4, -0.2) is 43.6 Å². The van der Waals surface area contributed by atoms with Crippen LogP contribution in [0.3, 0.4) is 0 Å². The summed E-state index contributed by atoms with van der Waals surface area (Å²) in [6.07, 6.45) is 3.45. The maximum Gasteiger partial charge on any atom is 0.404 e. The lowest BCUT2D eigenvalue weighted by atomic mass is 9.94. The van der Waals surface area contributed by atoms with Crippen molar-refractivity contribution in [1.29, 1.82) is 0 Å². The Bertz CT molecular complexity index is 778. The number of carboxylic acid groups (broad SMARTS) is 1. The summed E-state index contributed by atoms with van der Waals surface area (Å²) in [5, 5.41) is 11.9. The van der Waals surface area contributed by atoms with E-state index in [1.165, 1.54) is 5.56 Å². The largest absolute Gasteiger partial charge is 0.465 e. The SMILES string of the molecule is C[C@@H]1C[C@H](NC(=O)O)CN(c2c(N)cnc3c2CCC3O[Si](C)(C)C(C)(C)C)C1. The topological polar surface area (TPSA) is 101 Å². The van der Waals surface area contributed by atoms with Crippen molar-refractivity contribution in [2.24, 2.45) is 5.92 Å². The van der Waals surface area contributed by atoms with Crippen molar-refractivity contribution in [3.63, 3.8) is 0 Å². The number of rotatable bonds is 4. The number of nitrogens with two attached hydrogens (primary N) is 1. The number of anilines is 2. The van der Waals surface area contributed by atoms with Crippen molar-refractivity contribution >= 4 is 25.8 Å². The third-order valence-electron chi connectivity index (χ3n) is 6.72. The minimum Gasteiger partial charge on any atom is -0.465 e. The van der Waals surface area contributed by atoms with Gasteiger partial charge in [-0.05, 0) is 43.3 Å². The summed E-state index contributed by atoms with van der Waals surface area (Å²) in [6, 6.07) is -0.0971. The van der Waals surface area contributed by atoms with Gasteiger partial charge in [0.1, 0.15) is 0 Å². The van der Waals surface area contributed by atoms with Crippen molar-refractivity contribution < 1.29 is 14.3 Å². The van der Waals surface area contributed by atoms with Gasteiger partial charge in [0.25, 0.3) is 0 Å². The molecule has 1 fully saturated rings. The van der Waals surface area contributed by atoms with Crippen LogP contribution in [0.15, 0.2) is 6.20 Å². The first kappa shape index (κ1) is 21.9. The van der Waals surface area contributed by atoms with E-state index in [1.807, 2.05) is 0 Å². The summed E-state index contributed by atoms with van der Waals surface area (Å²) in [5.41, 5.74) is 10.3. The van der Waals surface area contributed by atoms with Gasteiger partial charge in [0, 0.05) is 24.7 Å². The molecule has 29 heavy (non-hydrogen) atoms. The van der Waals surface area contributed by atoms with Crippen LogP contribution in [0.4, 0.5) is 16.2 Å². The summed E-state index contributed by atoms with van der Waals surface area (Å²) < 4.78 is 6.69. The Balaban J connectivity index is 1.89. The van der Waals surface area contributed by atoms with Gasteiger partial charge in [-0.3, -0.25) is 4.98 Å². The predicted molar refractivity (Wildman–Crippen MR) is 119 cm³/mol. The van der Waals surface area contributed by atoms with E-state index in [-0.39, 0.29) is 17.2 Å². The van der Waals surface area contributed by atoms with E-state index in [9.17, 15) is 4.79 Å². The Morgan fingerprint density at radius 1 is 1.38 bits per heavy atom. The number of carbonyl (C=O) groups is 1. The summed E-state index contributed by atoms with van der Waals surface area (Å²) in [4.78, 5) is 18.1. The first-order valence-electron chi connectivity index (χ1n) is 10.6. The van der Waals surface area contributed by atoms with Gasteiger partial charge >= 0.3 is 6.09 Å². The number of hydrogen-bond acceptors (Lipinski definition) is 5. The zero-order valence-electron chi connectivity index (χ0n) is 18.6. The Morgan fingerprint density at radius 2 is 2.07 bits per heavy atom. The monoisotopic (exact) mass is 420 g/mol. The number of nitrogen functional groups attached to an aromatic ring is 1. The molecule has 3 rings (SSSR count). The third kappa shape index (κ3) is 4.53. The Morgan fingerprint density at radius 3 is 2.69 bits per heavy atom. The van der Waals surface area contributed by atoms with E-state index in [0.29, 0.717) is 18.2 Å². The van der Waals surface area contributed by atoms with Crippen LogP contribution >= 0.6 is 0 Å². The average molecular weight is 421 g/mol. The van der Waals surface area contributed by atoms with Crippen LogP contribution in [0.1, 0.15) is 57.9 Å². The van der Waals surface area contributed by atoms with Crippen molar-refractivity contribution in [2.45, 2.75) is 77.2 Å². The van der Waals surface area contributed by atoms with Crippen molar-refractivity contribution in [2.75, 3.05) is 23.7 Å². The molecule has 8 heteroatoms. The molecular weight excluding hydrogens is 384 g/mol. The lowest BCUT2D eigenvalue weighted by Crippen LogP contribution is -2.50. The number of amides is 1. The quantitative estimate of drug-likeness (QED) is 0.633. The minimum atomic E-state index is -1.91. The van der Waals surface area contributed by atoms with Gasteiger partial charge in [-0.25, -0.2) is 4.79 Å². The molecule has 1 aromatic rings. The highest BCUT2D eigenvalue weighted by molar-refractivity contribution is 6.74. The first-order valence-corrected chi connectivity index (χ1v) is 13.5. The predicted octanol–water partition coefficient (Wildman–Crippen LogP) is 4.16. The second-order valence-electron chi connectivity index (χ2n) is 10.2. The average Bonchev–Trinajstić information content (AvgIpc) is 2.94. The highest BCUT2D eigenvalue weighted by Gasteiger charge is 2.42. The van der Waals surface area contributed by atoms with E-state index in [4.69, 9.17) is 15.3 Å². The molecule has 0 saturated carbocycles. The zero-order chi connectivity index (χ0) is 21.6. The normalized spacial score (nSPS) is 25.0. The van der Waals surface area contributed by atoms with Crippen LogP contribution in [0.25, 0.3) is 0 Å². The molecule has 1 aliphatic carbocycles. The van der Waals surface area contributed by atoms with E-state index in [1.54, 1.807) is 6.20 Å². The molecule has 162 valence electrons. The van der Waals surface area contributed by atoms with Crippen molar-refractivity contribution in [1.82, 2.24) is 10.3 Å². The molecule has 0 aromatic carbocycles. The Hall–Kier alpha value is -1.80. The van der Waals surface area contributed by atoms with E-state index in [2.05, 4.69) is 56.0 Å². The molecule has 1 unspecified atom stereocenters. The van der Waals surface area contributed by atoms with Gasteiger partial charge in [0.05, 0.1) is 29.4 Å². The molecule has 0 spiro atoms. The lowest BCUT2D eigenvalue weighted by Gasteiger charge is -2.39. The number of aromatic nitrogens is 1. The fraction of sp³-hybridized carbons (Fsp3) is 0.714. The number of pyridine rings is 1. The molecule has 1 aliphatic heterocycles. The molecule has 1 aromatic heterocycles. The Labute approximate surface area is 175 Å². The van der Waals surface area contributed by atoms with Gasteiger partial charge in [-0.1, -0.05) is 27.7 Å². The summed E-state index contributed by atoms with van der Waals surface area (Å²) in [7, 11) is -1.91. The van der Waals surface area contributed by atoms with Crippen molar-refractivity contribution in [3.05, 3.63) is 17.5 Å². The van der Waals surface area contributed by atoms with Crippen LogP contribution in [0, 0.1) is 5.92 Å². The lowest BCUT2D eigenvalue weighted by molar-refractivity contribution is 0.181. The number of piperidine rings is 1. The number of hydrogen-bond donors (Lipinski definition) is 3. The minimum absolute atomic E-state index is 0.0143. The van der Waals surface area contributed by atoms with Gasteiger partial charge < -0.3 is 25.5 Å². The number of nitrogens with zero attached hydrogens (tertiary/aromatic N) is 2. The maximum absolute atomic E-state index is 11.2. The van der Waals surface area contributed by atoms with Crippen LogP contribution in [-0.2, 0) is 10.8 Å². The summed E-state index contributed by atoms with van der Waals surface area (Å²) >= 11 is 0. The molecule has 2 aliphatic rings. The molecule has 3 atom stereocenters. The van der Waals surface area contributed by atoms with Crippen LogP contribution in [0.5, 0.6) is 0 Å². The zero-order valence-corrected chi connectivity index (χ0v) is 19.6. The van der Waals surface area contributed by atoms with E-state index >= 15 is 0 Å². The highest BCUT2D eigenvalue weighted by Crippen LogP contribution is 2.46. The molecular formula is C21H36N4O3Si. The number of fused-ring (bicyclic) bond motifs is 1. The van der Waals surface area contributed by atoms with Crippen LogP contribution in [0.2, 0.25) is 18.1 Å². The molecule has 2 heterocycles. The molecule has 1 saturated heterocycles. The Kier molecular flexibility index (Phi) is 5.88.